The van der Waals surface area contributed by atoms with E-state index in [2.05, 4.69) is 0 Å². The number of amides is 1. The van der Waals surface area contributed by atoms with Gasteiger partial charge in [-0.25, -0.2) is 8.42 Å². The molecule has 1 amide bonds. The molecule has 0 radical (unpaired) electrons. The van der Waals surface area contributed by atoms with Gasteiger partial charge >= 0.3 is 0 Å². The zero-order valence-corrected chi connectivity index (χ0v) is 11.7. The molecule has 0 spiro atoms. The molecule has 1 aliphatic rings. The number of para-hydroxylation sites is 1. The summed E-state index contributed by atoms with van der Waals surface area (Å²) in [7, 11) is -2.13. The minimum absolute atomic E-state index is 0.170. The normalized spacial score (nSPS) is 18.1. The van der Waals surface area contributed by atoms with Gasteiger partial charge in [0, 0.05) is 18.3 Å². The Balaban J connectivity index is 2.19. The van der Waals surface area contributed by atoms with Crippen LogP contribution in [-0.4, -0.2) is 21.4 Å². The highest BCUT2D eigenvalue weighted by molar-refractivity contribution is 7.92. The summed E-state index contributed by atoms with van der Waals surface area (Å²) < 4.78 is 25.4. The van der Waals surface area contributed by atoms with Crippen LogP contribution in [0.2, 0.25) is 0 Å². The molecule has 0 saturated heterocycles. The van der Waals surface area contributed by atoms with Gasteiger partial charge in [-0.1, -0.05) is 36.4 Å². The van der Waals surface area contributed by atoms with E-state index >= 15 is 0 Å². The van der Waals surface area contributed by atoms with Gasteiger partial charge in [-0.3, -0.25) is 4.79 Å². The van der Waals surface area contributed by atoms with Gasteiger partial charge in [0.1, 0.15) is 0 Å². The largest absolute Gasteiger partial charge is 0.314 e. The molecule has 0 saturated carbocycles. The smallest absolute Gasteiger partial charge is 0.250 e. The van der Waals surface area contributed by atoms with Crippen LogP contribution in [0.4, 0.5) is 5.69 Å². The molecule has 4 nitrogen and oxygen atoms in total. The van der Waals surface area contributed by atoms with Crippen LogP contribution >= 0.6 is 0 Å². The lowest BCUT2D eigenvalue weighted by Crippen LogP contribution is -2.28. The van der Waals surface area contributed by atoms with Crippen molar-refractivity contribution in [3.63, 3.8) is 0 Å². The van der Waals surface area contributed by atoms with Gasteiger partial charge in [0.05, 0.1) is 4.90 Å². The van der Waals surface area contributed by atoms with Crippen LogP contribution in [0.3, 0.4) is 0 Å². The first kappa shape index (κ1) is 12.9. The van der Waals surface area contributed by atoms with Crippen LogP contribution in [0.15, 0.2) is 59.5 Å². The van der Waals surface area contributed by atoms with Crippen molar-refractivity contribution in [1.29, 1.82) is 0 Å². The first-order valence-electron chi connectivity index (χ1n) is 6.19. The Labute approximate surface area is 117 Å². The number of rotatable bonds is 2. The fourth-order valence-corrected chi connectivity index (χ4v) is 4.25. The highest BCUT2D eigenvalue weighted by Crippen LogP contribution is 2.41. The fraction of sp³-hybridized carbons (Fsp3) is 0.133. The third-order valence-corrected chi connectivity index (χ3v) is 5.52. The number of hydrogen-bond donors (Lipinski definition) is 0. The average molecular weight is 287 g/mol. The van der Waals surface area contributed by atoms with Crippen molar-refractivity contribution < 1.29 is 13.2 Å². The maximum atomic E-state index is 12.7. The highest BCUT2D eigenvalue weighted by Gasteiger charge is 2.44. The van der Waals surface area contributed by atoms with E-state index < -0.39 is 21.0 Å². The molecule has 5 heteroatoms. The number of carbonyl (C=O) groups excluding carboxylic acids is 1. The van der Waals surface area contributed by atoms with Crippen LogP contribution < -0.4 is 4.90 Å². The van der Waals surface area contributed by atoms with E-state index in [1.54, 1.807) is 49.5 Å². The maximum Gasteiger partial charge on any atom is 0.250 e. The quantitative estimate of drug-likeness (QED) is 0.850. The second-order valence-corrected chi connectivity index (χ2v) is 6.73. The molecular weight excluding hydrogens is 274 g/mol. The fourth-order valence-electron chi connectivity index (χ4n) is 2.49. The lowest BCUT2D eigenvalue weighted by molar-refractivity contribution is -0.117. The molecule has 102 valence electrons. The van der Waals surface area contributed by atoms with Gasteiger partial charge in [-0.15, -0.1) is 0 Å². The van der Waals surface area contributed by atoms with E-state index in [4.69, 9.17) is 0 Å². The molecule has 0 N–H and O–H groups in total. The molecule has 3 rings (SSSR count). The average Bonchev–Trinajstić information content (AvgIpc) is 2.73. The number of likely N-dealkylation sites (N-methyl/N-ethyl adjacent to an activating group) is 1. The standard InChI is InChI=1S/C15H13NO3S/c1-16-13-10-6-5-9-12(13)14(15(16)17)20(18,19)11-7-3-2-4-8-11/h2-10,14H,1H3. The summed E-state index contributed by atoms with van der Waals surface area (Å²) >= 11 is 0. The molecule has 1 aliphatic heterocycles. The number of benzene rings is 2. The molecule has 1 heterocycles. The summed E-state index contributed by atoms with van der Waals surface area (Å²) in [6.45, 7) is 0. The Kier molecular flexibility index (Phi) is 2.87. The van der Waals surface area contributed by atoms with Crippen molar-refractivity contribution in [1.82, 2.24) is 0 Å². The molecule has 20 heavy (non-hydrogen) atoms. The van der Waals surface area contributed by atoms with E-state index in [-0.39, 0.29) is 4.90 Å². The van der Waals surface area contributed by atoms with Crippen molar-refractivity contribution in [3.8, 4) is 0 Å². The molecule has 1 atom stereocenters. The zero-order valence-electron chi connectivity index (χ0n) is 10.9. The Morgan fingerprint density at radius 3 is 2.25 bits per heavy atom. The number of fused-ring (bicyclic) bond motifs is 1. The molecule has 0 bridgehead atoms. The summed E-state index contributed by atoms with van der Waals surface area (Å²) in [5.41, 5.74) is 1.20. The monoisotopic (exact) mass is 287 g/mol. The number of anilines is 1. The minimum Gasteiger partial charge on any atom is -0.314 e. The van der Waals surface area contributed by atoms with Crippen molar-refractivity contribution >= 4 is 21.4 Å². The van der Waals surface area contributed by atoms with Gasteiger partial charge in [-0.2, -0.15) is 0 Å². The molecule has 2 aromatic carbocycles. The predicted octanol–water partition coefficient (Wildman–Crippen LogP) is 2.18. The molecular formula is C15H13NO3S. The van der Waals surface area contributed by atoms with E-state index in [9.17, 15) is 13.2 Å². The number of hydrogen-bond acceptors (Lipinski definition) is 3. The van der Waals surface area contributed by atoms with Crippen molar-refractivity contribution in [3.05, 3.63) is 60.2 Å². The second kappa shape index (κ2) is 4.45. The number of sulfone groups is 1. The minimum atomic E-state index is -3.73. The Hall–Kier alpha value is -2.14. The lowest BCUT2D eigenvalue weighted by Gasteiger charge is -2.12. The van der Waals surface area contributed by atoms with E-state index in [0.717, 1.165) is 0 Å². The van der Waals surface area contributed by atoms with Gasteiger partial charge < -0.3 is 4.90 Å². The first-order chi connectivity index (χ1) is 9.53. The van der Waals surface area contributed by atoms with Crippen LogP contribution in [0, 0.1) is 0 Å². The molecule has 0 aromatic heterocycles. The third kappa shape index (κ3) is 1.74. The van der Waals surface area contributed by atoms with Gasteiger partial charge in [0.2, 0.25) is 5.91 Å². The summed E-state index contributed by atoms with van der Waals surface area (Å²) in [6, 6.07) is 15.1. The van der Waals surface area contributed by atoms with E-state index in [1.165, 1.54) is 17.0 Å². The number of nitrogens with zero attached hydrogens (tertiary/aromatic N) is 1. The molecule has 2 aromatic rings. The van der Waals surface area contributed by atoms with Crippen molar-refractivity contribution in [2.45, 2.75) is 10.1 Å². The SMILES string of the molecule is CN1C(=O)C(S(=O)(=O)c2ccccc2)c2ccccc21. The maximum absolute atomic E-state index is 12.7. The van der Waals surface area contributed by atoms with Crippen LogP contribution in [-0.2, 0) is 14.6 Å². The zero-order chi connectivity index (χ0) is 14.3. The van der Waals surface area contributed by atoms with E-state index in [1.807, 2.05) is 0 Å². The summed E-state index contributed by atoms with van der Waals surface area (Å²) in [5.74, 6) is -0.407. The number of carbonyl (C=O) groups is 1. The summed E-state index contributed by atoms with van der Waals surface area (Å²) in [6.07, 6.45) is 0. The molecule has 0 fully saturated rings. The van der Waals surface area contributed by atoms with Crippen LogP contribution in [0.25, 0.3) is 0 Å². The predicted molar refractivity (Wildman–Crippen MR) is 76.2 cm³/mol. The third-order valence-electron chi connectivity index (χ3n) is 3.52. The lowest BCUT2D eigenvalue weighted by atomic mass is 10.2. The van der Waals surface area contributed by atoms with Gasteiger partial charge in [0.25, 0.3) is 0 Å². The second-order valence-electron chi connectivity index (χ2n) is 4.69. The van der Waals surface area contributed by atoms with Crippen molar-refractivity contribution in [2.24, 2.45) is 0 Å². The first-order valence-corrected chi connectivity index (χ1v) is 7.73. The van der Waals surface area contributed by atoms with E-state index in [0.29, 0.717) is 11.3 Å². The van der Waals surface area contributed by atoms with Gasteiger partial charge in [0.15, 0.2) is 15.1 Å². The van der Waals surface area contributed by atoms with Crippen molar-refractivity contribution in [2.75, 3.05) is 11.9 Å². The van der Waals surface area contributed by atoms with Gasteiger partial charge in [-0.05, 0) is 18.2 Å². The molecule has 0 aliphatic carbocycles. The Morgan fingerprint density at radius 2 is 1.55 bits per heavy atom. The summed E-state index contributed by atoms with van der Waals surface area (Å²) in [4.78, 5) is 13.9. The Bertz CT molecular complexity index is 769. The Morgan fingerprint density at radius 1 is 0.950 bits per heavy atom. The topological polar surface area (TPSA) is 54.5 Å². The highest BCUT2D eigenvalue weighted by atomic mass is 32.2. The van der Waals surface area contributed by atoms with Crippen LogP contribution in [0.1, 0.15) is 10.8 Å². The molecule has 1 unspecified atom stereocenters. The summed E-state index contributed by atoms with van der Waals surface area (Å²) in [5, 5.41) is -1.15. The van der Waals surface area contributed by atoms with Crippen LogP contribution in [0.5, 0.6) is 0 Å².